The van der Waals surface area contributed by atoms with Crippen LogP contribution in [0.3, 0.4) is 0 Å². The molecule has 1 aromatic heterocycles. The van der Waals surface area contributed by atoms with Crippen LogP contribution in [0.1, 0.15) is 20.3 Å². The van der Waals surface area contributed by atoms with E-state index in [2.05, 4.69) is 15.3 Å². The van der Waals surface area contributed by atoms with Gasteiger partial charge in [-0.3, -0.25) is 4.79 Å². The Morgan fingerprint density at radius 2 is 2.06 bits per heavy atom. The minimum atomic E-state index is -0.275. The fourth-order valence-corrected chi connectivity index (χ4v) is 1.94. The number of nitrogens with two attached hydrogens (primary N) is 2. The van der Waals surface area contributed by atoms with Gasteiger partial charge in [0.1, 0.15) is 11.6 Å². The third kappa shape index (κ3) is 4.48. The molecule has 7 heteroatoms. The van der Waals surface area contributed by atoms with Crippen LogP contribution in [0.4, 0.5) is 11.6 Å². The van der Waals surface area contributed by atoms with Gasteiger partial charge >= 0.3 is 0 Å². The van der Waals surface area contributed by atoms with Crippen molar-refractivity contribution in [2.75, 3.05) is 18.0 Å². The summed E-state index contributed by atoms with van der Waals surface area (Å²) in [5, 5.41) is 2.95. The highest BCUT2D eigenvalue weighted by atomic mass is 32.2. The zero-order valence-electron chi connectivity index (χ0n) is 9.93. The van der Waals surface area contributed by atoms with E-state index in [1.807, 2.05) is 6.92 Å². The lowest BCUT2D eigenvalue weighted by atomic mass is 10.4. The average molecular weight is 255 g/mol. The molecule has 0 aliphatic rings. The van der Waals surface area contributed by atoms with E-state index in [1.165, 1.54) is 17.8 Å². The lowest BCUT2D eigenvalue weighted by Crippen LogP contribution is -2.31. The molecule has 0 saturated heterocycles. The number of nitrogens with one attached hydrogen (secondary N) is 1. The minimum absolute atomic E-state index is 0.0403. The van der Waals surface area contributed by atoms with Crippen LogP contribution in [-0.4, -0.2) is 27.7 Å². The highest BCUT2D eigenvalue weighted by Gasteiger charge is 2.15. The first-order chi connectivity index (χ1) is 8.02. The van der Waals surface area contributed by atoms with E-state index in [9.17, 15) is 4.79 Å². The Hall–Kier alpha value is -1.50. The lowest BCUT2D eigenvalue weighted by molar-refractivity contribution is -0.120. The van der Waals surface area contributed by atoms with Gasteiger partial charge in [-0.25, -0.2) is 9.97 Å². The van der Waals surface area contributed by atoms with Crippen molar-refractivity contribution in [2.45, 2.75) is 30.7 Å². The molecule has 1 rings (SSSR count). The van der Waals surface area contributed by atoms with Crippen LogP contribution in [0.5, 0.6) is 0 Å². The second kappa shape index (κ2) is 6.29. The second-order valence-electron chi connectivity index (χ2n) is 3.55. The Morgan fingerprint density at radius 3 is 2.59 bits per heavy atom. The van der Waals surface area contributed by atoms with Crippen LogP contribution in [0.15, 0.2) is 11.2 Å². The summed E-state index contributed by atoms with van der Waals surface area (Å²) in [6.45, 7) is 4.46. The van der Waals surface area contributed by atoms with E-state index in [0.717, 1.165) is 6.42 Å². The summed E-state index contributed by atoms with van der Waals surface area (Å²) in [6, 6.07) is 1.48. The summed E-state index contributed by atoms with van der Waals surface area (Å²) in [5.41, 5.74) is 11.1. The van der Waals surface area contributed by atoms with Gasteiger partial charge in [-0.2, -0.15) is 0 Å². The van der Waals surface area contributed by atoms with Crippen molar-refractivity contribution in [1.82, 2.24) is 15.3 Å². The van der Waals surface area contributed by atoms with Crippen LogP contribution in [0.25, 0.3) is 0 Å². The van der Waals surface area contributed by atoms with Crippen molar-refractivity contribution in [1.29, 1.82) is 0 Å². The molecule has 1 atom stereocenters. The van der Waals surface area contributed by atoms with Crippen LogP contribution in [0, 0.1) is 0 Å². The van der Waals surface area contributed by atoms with Crippen LogP contribution < -0.4 is 16.8 Å². The number of hydrogen-bond acceptors (Lipinski definition) is 6. The molecule has 0 aromatic carbocycles. The Morgan fingerprint density at radius 1 is 1.47 bits per heavy atom. The van der Waals surface area contributed by atoms with E-state index in [4.69, 9.17) is 11.5 Å². The number of carbonyl (C=O) groups excluding carboxylic acids is 1. The largest absolute Gasteiger partial charge is 0.383 e. The molecule has 0 radical (unpaired) electrons. The topological polar surface area (TPSA) is 107 Å². The van der Waals surface area contributed by atoms with Crippen molar-refractivity contribution in [2.24, 2.45) is 0 Å². The number of hydrogen-bond donors (Lipinski definition) is 3. The first-order valence-corrected chi connectivity index (χ1v) is 6.25. The van der Waals surface area contributed by atoms with Gasteiger partial charge in [0.15, 0.2) is 5.16 Å². The standard InChI is InChI=1S/C10H17N5OS/c1-3-4-13-9(16)6(2)17-10-14-7(11)5-8(12)15-10/h5-6H,3-4H2,1-2H3,(H,13,16)(H4,11,12,14,15). The molecule has 1 aromatic rings. The summed E-state index contributed by atoms with van der Waals surface area (Å²) >= 11 is 1.24. The van der Waals surface area contributed by atoms with E-state index < -0.39 is 0 Å². The summed E-state index contributed by atoms with van der Waals surface area (Å²) < 4.78 is 0. The SMILES string of the molecule is CCCNC(=O)C(C)Sc1nc(N)cc(N)n1. The lowest BCUT2D eigenvalue weighted by Gasteiger charge is -2.10. The normalized spacial score (nSPS) is 12.1. The summed E-state index contributed by atoms with van der Waals surface area (Å²) in [6.07, 6.45) is 0.908. The molecule has 5 N–H and O–H groups in total. The number of anilines is 2. The molecule has 1 unspecified atom stereocenters. The van der Waals surface area contributed by atoms with E-state index in [0.29, 0.717) is 23.3 Å². The Kier molecular flexibility index (Phi) is 5.02. The third-order valence-corrected chi connectivity index (χ3v) is 2.91. The molecule has 0 spiro atoms. The molecule has 0 aliphatic heterocycles. The first kappa shape index (κ1) is 13.6. The Balaban J connectivity index is 2.60. The average Bonchev–Trinajstić information content (AvgIpc) is 2.24. The predicted molar refractivity (Wildman–Crippen MR) is 69.5 cm³/mol. The fraction of sp³-hybridized carbons (Fsp3) is 0.500. The molecule has 0 aliphatic carbocycles. The van der Waals surface area contributed by atoms with Gasteiger partial charge in [0.25, 0.3) is 0 Å². The quantitative estimate of drug-likeness (QED) is 0.526. The van der Waals surface area contributed by atoms with E-state index in [-0.39, 0.29) is 11.2 Å². The predicted octanol–water partition coefficient (Wildman–Crippen LogP) is 0.648. The van der Waals surface area contributed by atoms with Crippen molar-refractivity contribution in [3.63, 3.8) is 0 Å². The third-order valence-electron chi connectivity index (χ3n) is 1.95. The maximum atomic E-state index is 11.6. The van der Waals surface area contributed by atoms with Gasteiger partial charge in [0, 0.05) is 12.6 Å². The van der Waals surface area contributed by atoms with Crippen molar-refractivity contribution < 1.29 is 4.79 Å². The Labute approximate surface area is 105 Å². The monoisotopic (exact) mass is 255 g/mol. The van der Waals surface area contributed by atoms with Crippen molar-refractivity contribution in [3.05, 3.63) is 6.07 Å². The molecule has 17 heavy (non-hydrogen) atoms. The molecular formula is C10H17N5OS. The second-order valence-corrected chi connectivity index (χ2v) is 4.86. The highest BCUT2D eigenvalue weighted by molar-refractivity contribution is 8.00. The number of amides is 1. The Bertz CT molecular complexity index is 378. The van der Waals surface area contributed by atoms with Gasteiger partial charge in [-0.05, 0) is 13.3 Å². The molecular weight excluding hydrogens is 238 g/mol. The molecule has 0 saturated carbocycles. The van der Waals surface area contributed by atoms with Gasteiger partial charge in [-0.1, -0.05) is 18.7 Å². The summed E-state index contributed by atoms with van der Waals surface area (Å²) in [4.78, 5) is 19.6. The molecule has 1 amide bonds. The zero-order valence-corrected chi connectivity index (χ0v) is 10.8. The zero-order chi connectivity index (χ0) is 12.8. The number of nitrogens with zero attached hydrogens (tertiary/aromatic N) is 2. The molecule has 0 bridgehead atoms. The molecule has 94 valence electrons. The number of carbonyl (C=O) groups is 1. The first-order valence-electron chi connectivity index (χ1n) is 5.37. The minimum Gasteiger partial charge on any atom is -0.383 e. The van der Waals surface area contributed by atoms with Crippen LogP contribution >= 0.6 is 11.8 Å². The van der Waals surface area contributed by atoms with Gasteiger partial charge in [0.05, 0.1) is 5.25 Å². The van der Waals surface area contributed by atoms with Gasteiger partial charge in [0.2, 0.25) is 5.91 Å². The molecule has 1 heterocycles. The van der Waals surface area contributed by atoms with Crippen LogP contribution in [0.2, 0.25) is 0 Å². The van der Waals surface area contributed by atoms with E-state index in [1.54, 1.807) is 6.92 Å². The number of nitrogen functional groups attached to an aromatic ring is 2. The molecule has 6 nitrogen and oxygen atoms in total. The fourth-order valence-electron chi connectivity index (χ4n) is 1.12. The van der Waals surface area contributed by atoms with Crippen LogP contribution in [-0.2, 0) is 4.79 Å². The van der Waals surface area contributed by atoms with Crippen molar-refractivity contribution >= 4 is 29.3 Å². The number of aromatic nitrogens is 2. The van der Waals surface area contributed by atoms with Gasteiger partial charge in [-0.15, -0.1) is 0 Å². The summed E-state index contributed by atoms with van der Waals surface area (Å²) in [7, 11) is 0. The summed E-state index contributed by atoms with van der Waals surface area (Å²) in [5.74, 6) is 0.573. The number of rotatable bonds is 5. The smallest absolute Gasteiger partial charge is 0.233 e. The molecule has 0 fully saturated rings. The maximum Gasteiger partial charge on any atom is 0.233 e. The highest BCUT2D eigenvalue weighted by Crippen LogP contribution is 2.21. The van der Waals surface area contributed by atoms with E-state index >= 15 is 0 Å². The number of thioether (sulfide) groups is 1. The van der Waals surface area contributed by atoms with Crippen molar-refractivity contribution in [3.8, 4) is 0 Å². The maximum absolute atomic E-state index is 11.6. The van der Waals surface area contributed by atoms with Gasteiger partial charge < -0.3 is 16.8 Å².